The third-order valence-electron chi connectivity index (χ3n) is 4.80. The fraction of sp³-hybridized carbons (Fsp3) is 0.409. The molecule has 0 aromatic heterocycles. The Balaban J connectivity index is 2.02. The van der Waals surface area contributed by atoms with Gasteiger partial charge in [0, 0.05) is 0 Å². The van der Waals surface area contributed by atoms with Gasteiger partial charge in [-0.25, -0.2) is 0 Å². The second-order valence-electron chi connectivity index (χ2n) is 6.87. The Bertz CT molecular complexity index is 765. The second-order valence-corrected chi connectivity index (χ2v) is 6.87. The molecule has 0 radical (unpaired) electrons. The van der Waals surface area contributed by atoms with Crippen molar-refractivity contribution in [1.82, 2.24) is 5.32 Å². The molecule has 1 N–H and O–H groups in total. The minimum absolute atomic E-state index is 0.00995. The maximum Gasteiger partial charge on any atom is 0.258 e. The average molecular weight is 339 g/mol. The highest BCUT2D eigenvalue weighted by atomic mass is 16.5. The summed E-state index contributed by atoms with van der Waals surface area (Å²) in [6.07, 6.45) is 0.844. The van der Waals surface area contributed by atoms with Crippen molar-refractivity contribution in [3.8, 4) is 5.75 Å². The molecular formula is C22H29NO2. The van der Waals surface area contributed by atoms with Gasteiger partial charge in [-0.15, -0.1) is 0 Å². The summed E-state index contributed by atoms with van der Waals surface area (Å²) in [6, 6.07) is 10.5. The lowest BCUT2D eigenvalue weighted by atomic mass is 9.99. The zero-order chi connectivity index (χ0) is 18.6. The number of rotatable bonds is 6. The van der Waals surface area contributed by atoms with Crippen molar-refractivity contribution in [3.05, 3.63) is 63.7 Å². The summed E-state index contributed by atoms with van der Waals surface area (Å²) in [5, 5.41) is 3.08. The van der Waals surface area contributed by atoms with E-state index in [2.05, 4.69) is 57.3 Å². The van der Waals surface area contributed by atoms with Crippen LogP contribution in [-0.4, -0.2) is 12.5 Å². The molecule has 0 fully saturated rings. The van der Waals surface area contributed by atoms with Crippen molar-refractivity contribution in [2.45, 2.75) is 54.0 Å². The number of carbonyl (C=O) groups is 1. The molecule has 0 unspecified atom stereocenters. The number of benzene rings is 2. The van der Waals surface area contributed by atoms with Crippen molar-refractivity contribution in [1.29, 1.82) is 0 Å². The van der Waals surface area contributed by atoms with E-state index < -0.39 is 0 Å². The molecule has 0 saturated carbocycles. The smallest absolute Gasteiger partial charge is 0.258 e. The molecular weight excluding hydrogens is 310 g/mol. The summed E-state index contributed by atoms with van der Waals surface area (Å²) in [5.41, 5.74) is 7.05. The number of ether oxygens (including phenoxy) is 1. The molecule has 3 heteroatoms. The molecule has 0 spiro atoms. The molecule has 3 nitrogen and oxygen atoms in total. The quantitative estimate of drug-likeness (QED) is 0.815. The van der Waals surface area contributed by atoms with Gasteiger partial charge >= 0.3 is 0 Å². The number of nitrogens with one attached hydrogen (secondary N) is 1. The highest BCUT2D eigenvalue weighted by Crippen LogP contribution is 2.23. The van der Waals surface area contributed by atoms with Gasteiger partial charge in [0.05, 0.1) is 6.04 Å². The molecule has 25 heavy (non-hydrogen) atoms. The van der Waals surface area contributed by atoms with Crippen LogP contribution in [0.4, 0.5) is 0 Å². The van der Waals surface area contributed by atoms with Crippen LogP contribution >= 0.6 is 0 Å². The molecule has 0 aliphatic carbocycles. The van der Waals surface area contributed by atoms with Gasteiger partial charge in [0.2, 0.25) is 0 Å². The SMILES string of the molecule is CC[C@@H](NC(=O)COc1cc(C)cc(C)c1C)c1ccc(C)c(C)c1. The summed E-state index contributed by atoms with van der Waals surface area (Å²) in [7, 11) is 0. The number of carbonyl (C=O) groups excluding carboxylic acids is 1. The highest BCUT2D eigenvalue weighted by molar-refractivity contribution is 5.78. The van der Waals surface area contributed by atoms with Crippen LogP contribution in [0.1, 0.15) is 52.8 Å². The molecule has 0 aliphatic heterocycles. The van der Waals surface area contributed by atoms with E-state index in [0.29, 0.717) is 0 Å². The number of hydrogen-bond donors (Lipinski definition) is 1. The Morgan fingerprint density at radius 2 is 1.72 bits per heavy atom. The Morgan fingerprint density at radius 1 is 1.00 bits per heavy atom. The monoisotopic (exact) mass is 339 g/mol. The number of amides is 1. The molecule has 2 aromatic rings. The zero-order valence-electron chi connectivity index (χ0n) is 16.2. The topological polar surface area (TPSA) is 38.3 Å². The fourth-order valence-corrected chi connectivity index (χ4v) is 2.93. The van der Waals surface area contributed by atoms with Crippen molar-refractivity contribution < 1.29 is 9.53 Å². The van der Waals surface area contributed by atoms with E-state index in [0.717, 1.165) is 28.9 Å². The predicted octanol–water partition coefficient (Wildman–Crippen LogP) is 4.88. The van der Waals surface area contributed by atoms with Crippen LogP contribution in [0.5, 0.6) is 5.75 Å². The van der Waals surface area contributed by atoms with Crippen LogP contribution in [0.3, 0.4) is 0 Å². The molecule has 0 aliphatic rings. The largest absolute Gasteiger partial charge is 0.483 e. The predicted molar refractivity (Wildman–Crippen MR) is 103 cm³/mol. The van der Waals surface area contributed by atoms with Gasteiger partial charge in [-0.1, -0.05) is 31.2 Å². The lowest BCUT2D eigenvalue weighted by molar-refractivity contribution is -0.123. The average Bonchev–Trinajstić information content (AvgIpc) is 2.57. The maximum absolute atomic E-state index is 12.4. The normalized spacial score (nSPS) is 11.9. The Kier molecular flexibility index (Phi) is 6.24. The standard InChI is InChI=1S/C22H29NO2/c1-7-20(19-9-8-15(3)16(4)12-19)23-22(24)13-25-21-11-14(2)10-17(5)18(21)6/h8-12,20H,7,13H2,1-6H3,(H,23,24)/t20-/m1/s1. The number of hydrogen-bond acceptors (Lipinski definition) is 2. The third-order valence-corrected chi connectivity index (χ3v) is 4.80. The second kappa shape index (κ2) is 8.19. The summed E-state index contributed by atoms with van der Waals surface area (Å²) >= 11 is 0. The molecule has 2 aromatic carbocycles. The van der Waals surface area contributed by atoms with Crippen molar-refractivity contribution in [2.75, 3.05) is 6.61 Å². The lowest BCUT2D eigenvalue weighted by Crippen LogP contribution is -2.32. The number of aryl methyl sites for hydroxylation is 4. The van der Waals surface area contributed by atoms with E-state index in [1.807, 2.05) is 19.9 Å². The molecule has 1 atom stereocenters. The minimum atomic E-state index is -0.0939. The zero-order valence-corrected chi connectivity index (χ0v) is 16.2. The lowest BCUT2D eigenvalue weighted by Gasteiger charge is -2.19. The Labute approximate surface area is 151 Å². The summed E-state index contributed by atoms with van der Waals surface area (Å²) in [6.45, 7) is 12.4. The van der Waals surface area contributed by atoms with E-state index >= 15 is 0 Å². The van der Waals surface area contributed by atoms with Crippen molar-refractivity contribution in [2.24, 2.45) is 0 Å². The van der Waals surface area contributed by atoms with Gasteiger partial charge in [-0.05, 0) is 80.5 Å². The van der Waals surface area contributed by atoms with Gasteiger partial charge in [0.25, 0.3) is 5.91 Å². The van der Waals surface area contributed by atoms with E-state index in [-0.39, 0.29) is 18.6 Å². The van der Waals surface area contributed by atoms with Gasteiger partial charge in [0.15, 0.2) is 6.61 Å². The van der Waals surface area contributed by atoms with E-state index in [9.17, 15) is 4.79 Å². The van der Waals surface area contributed by atoms with Gasteiger partial charge in [-0.2, -0.15) is 0 Å². The van der Waals surface area contributed by atoms with E-state index in [1.165, 1.54) is 16.7 Å². The minimum Gasteiger partial charge on any atom is -0.483 e. The van der Waals surface area contributed by atoms with Crippen LogP contribution < -0.4 is 10.1 Å². The first-order valence-corrected chi connectivity index (χ1v) is 8.89. The van der Waals surface area contributed by atoms with Crippen LogP contribution in [0.15, 0.2) is 30.3 Å². The Morgan fingerprint density at radius 3 is 2.36 bits per heavy atom. The van der Waals surface area contributed by atoms with E-state index in [4.69, 9.17) is 4.74 Å². The Hall–Kier alpha value is -2.29. The molecule has 0 heterocycles. The van der Waals surface area contributed by atoms with Crippen LogP contribution in [0, 0.1) is 34.6 Å². The molecule has 134 valence electrons. The maximum atomic E-state index is 12.4. The van der Waals surface area contributed by atoms with Gasteiger partial charge in [-0.3, -0.25) is 4.79 Å². The fourth-order valence-electron chi connectivity index (χ4n) is 2.93. The first-order valence-electron chi connectivity index (χ1n) is 8.89. The van der Waals surface area contributed by atoms with Crippen LogP contribution in [-0.2, 0) is 4.79 Å². The molecule has 1 amide bonds. The molecule has 0 saturated heterocycles. The van der Waals surface area contributed by atoms with Gasteiger partial charge < -0.3 is 10.1 Å². The third kappa shape index (κ3) is 4.85. The summed E-state index contributed by atoms with van der Waals surface area (Å²) in [4.78, 5) is 12.4. The molecule has 0 bridgehead atoms. The molecule has 2 rings (SSSR count). The van der Waals surface area contributed by atoms with Gasteiger partial charge in [0.1, 0.15) is 5.75 Å². The summed E-state index contributed by atoms with van der Waals surface area (Å²) in [5.74, 6) is 0.690. The van der Waals surface area contributed by atoms with E-state index in [1.54, 1.807) is 0 Å². The highest BCUT2D eigenvalue weighted by Gasteiger charge is 2.14. The van der Waals surface area contributed by atoms with Crippen LogP contribution in [0.2, 0.25) is 0 Å². The van der Waals surface area contributed by atoms with Crippen molar-refractivity contribution in [3.63, 3.8) is 0 Å². The van der Waals surface area contributed by atoms with Crippen molar-refractivity contribution >= 4 is 5.91 Å². The van der Waals surface area contributed by atoms with Crippen LogP contribution in [0.25, 0.3) is 0 Å². The first kappa shape index (κ1) is 19.0. The summed E-state index contributed by atoms with van der Waals surface area (Å²) < 4.78 is 5.77. The first-order chi connectivity index (χ1) is 11.8.